The van der Waals surface area contributed by atoms with Gasteiger partial charge in [-0.05, 0) is 48.5 Å². The zero-order chi connectivity index (χ0) is 15.5. The number of nitrogens with zero attached hydrogens (tertiary/aromatic N) is 4. The Bertz CT molecular complexity index is 777. The van der Waals surface area contributed by atoms with Crippen molar-refractivity contribution >= 4 is 11.6 Å². The fourth-order valence-electron chi connectivity index (χ4n) is 2.10. The van der Waals surface area contributed by atoms with Crippen LogP contribution >= 0.6 is 0 Å². The van der Waals surface area contributed by atoms with Gasteiger partial charge in [0.25, 0.3) is 5.91 Å². The fraction of sp³-hybridized carbons (Fsp3) is 0.200. The van der Waals surface area contributed by atoms with Crippen molar-refractivity contribution in [3.8, 4) is 11.4 Å². The minimum Gasteiger partial charge on any atom is -0.459 e. The van der Waals surface area contributed by atoms with Crippen LogP contribution in [-0.2, 0) is 0 Å². The number of furan rings is 1. The normalized spacial score (nSPS) is 10.9. The smallest absolute Gasteiger partial charge is 0.291 e. The predicted molar refractivity (Wildman–Crippen MR) is 80.3 cm³/mol. The Labute approximate surface area is 126 Å². The Hall–Kier alpha value is -2.96. The first-order chi connectivity index (χ1) is 10.7. The Kier molecular flexibility index (Phi) is 3.69. The summed E-state index contributed by atoms with van der Waals surface area (Å²) in [6.45, 7) is 3.98. The van der Waals surface area contributed by atoms with Crippen molar-refractivity contribution in [3.63, 3.8) is 0 Å². The summed E-state index contributed by atoms with van der Waals surface area (Å²) >= 11 is 0. The first kappa shape index (κ1) is 14.0. The van der Waals surface area contributed by atoms with Gasteiger partial charge in [0.15, 0.2) is 11.6 Å². The molecule has 7 nitrogen and oxygen atoms in total. The molecule has 0 aliphatic rings. The summed E-state index contributed by atoms with van der Waals surface area (Å²) in [6.07, 6.45) is 1.46. The Morgan fingerprint density at radius 1 is 1.23 bits per heavy atom. The lowest BCUT2D eigenvalue weighted by atomic mass is 10.1. The van der Waals surface area contributed by atoms with Crippen LogP contribution in [0.15, 0.2) is 47.1 Å². The average Bonchev–Trinajstić information content (AvgIpc) is 3.19. The van der Waals surface area contributed by atoms with Gasteiger partial charge >= 0.3 is 0 Å². The SMILES string of the molecule is CC(C)n1nnnc1-c1ccccc1NC(=O)c1ccco1. The van der Waals surface area contributed by atoms with Crippen LogP contribution in [-0.4, -0.2) is 26.1 Å². The van der Waals surface area contributed by atoms with E-state index in [1.54, 1.807) is 22.9 Å². The molecule has 0 fully saturated rings. The monoisotopic (exact) mass is 297 g/mol. The van der Waals surface area contributed by atoms with Gasteiger partial charge in [0.05, 0.1) is 18.0 Å². The maximum absolute atomic E-state index is 12.2. The number of hydrogen-bond donors (Lipinski definition) is 1. The van der Waals surface area contributed by atoms with E-state index in [4.69, 9.17) is 4.42 Å². The Morgan fingerprint density at radius 3 is 2.77 bits per heavy atom. The minimum absolute atomic E-state index is 0.110. The third-order valence-electron chi connectivity index (χ3n) is 3.14. The Morgan fingerprint density at radius 2 is 2.05 bits per heavy atom. The third kappa shape index (κ3) is 2.60. The van der Waals surface area contributed by atoms with Crippen molar-refractivity contribution in [2.75, 3.05) is 5.32 Å². The lowest BCUT2D eigenvalue weighted by Gasteiger charge is -2.12. The summed E-state index contributed by atoms with van der Waals surface area (Å²) in [5.74, 6) is 0.532. The number of anilines is 1. The van der Waals surface area contributed by atoms with Gasteiger partial charge < -0.3 is 9.73 Å². The van der Waals surface area contributed by atoms with Gasteiger partial charge in [-0.1, -0.05) is 12.1 Å². The van der Waals surface area contributed by atoms with E-state index >= 15 is 0 Å². The largest absolute Gasteiger partial charge is 0.459 e. The van der Waals surface area contributed by atoms with E-state index in [1.807, 2.05) is 32.0 Å². The highest BCUT2D eigenvalue weighted by Gasteiger charge is 2.17. The van der Waals surface area contributed by atoms with Gasteiger partial charge in [-0.2, -0.15) is 0 Å². The number of hydrogen-bond acceptors (Lipinski definition) is 5. The van der Waals surface area contributed by atoms with Crippen molar-refractivity contribution in [1.29, 1.82) is 0 Å². The molecule has 3 aromatic rings. The van der Waals surface area contributed by atoms with Gasteiger partial charge in [-0.15, -0.1) is 5.10 Å². The lowest BCUT2D eigenvalue weighted by Crippen LogP contribution is -2.13. The zero-order valence-corrected chi connectivity index (χ0v) is 12.2. The number of nitrogens with one attached hydrogen (secondary N) is 1. The number of para-hydroxylation sites is 1. The molecule has 1 N–H and O–H groups in total. The molecule has 0 spiro atoms. The number of tetrazole rings is 1. The van der Waals surface area contributed by atoms with Gasteiger partial charge in [0.1, 0.15) is 0 Å². The standard InChI is InChI=1S/C15H15N5O2/c1-10(2)20-14(17-18-19-20)11-6-3-4-7-12(11)16-15(21)13-8-5-9-22-13/h3-10H,1-2H3,(H,16,21). The summed E-state index contributed by atoms with van der Waals surface area (Å²) in [4.78, 5) is 12.2. The van der Waals surface area contributed by atoms with Gasteiger partial charge in [0.2, 0.25) is 0 Å². The minimum atomic E-state index is -0.318. The lowest BCUT2D eigenvalue weighted by molar-refractivity contribution is 0.0996. The molecule has 0 bridgehead atoms. The first-order valence-electron chi connectivity index (χ1n) is 6.89. The molecule has 0 radical (unpaired) electrons. The van der Waals surface area contributed by atoms with E-state index in [-0.39, 0.29) is 17.7 Å². The molecule has 0 unspecified atom stereocenters. The van der Waals surface area contributed by atoms with Crippen LogP contribution < -0.4 is 5.32 Å². The van der Waals surface area contributed by atoms with Gasteiger partial charge in [-0.3, -0.25) is 4.79 Å². The van der Waals surface area contributed by atoms with E-state index in [1.165, 1.54) is 6.26 Å². The number of rotatable bonds is 4. The first-order valence-corrected chi connectivity index (χ1v) is 6.89. The van der Waals surface area contributed by atoms with Crippen molar-refractivity contribution < 1.29 is 9.21 Å². The molecule has 0 atom stereocenters. The second-order valence-electron chi connectivity index (χ2n) is 5.02. The van der Waals surface area contributed by atoms with Crippen LogP contribution in [0, 0.1) is 0 Å². The van der Waals surface area contributed by atoms with Gasteiger partial charge in [-0.25, -0.2) is 4.68 Å². The second-order valence-corrected chi connectivity index (χ2v) is 5.02. The summed E-state index contributed by atoms with van der Waals surface area (Å²) in [7, 11) is 0. The van der Waals surface area contributed by atoms with E-state index in [0.717, 1.165) is 5.56 Å². The summed E-state index contributed by atoms with van der Waals surface area (Å²) in [5, 5.41) is 14.6. The highest BCUT2D eigenvalue weighted by Crippen LogP contribution is 2.27. The fourth-order valence-corrected chi connectivity index (χ4v) is 2.10. The zero-order valence-electron chi connectivity index (χ0n) is 12.2. The summed E-state index contributed by atoms with van der Waals surface area (Å²) in [6, 6.07) is 10.8. The predicted octanol–water partition coefficient (Wildman–Crippen LogP) is 2.77. The molecule has 2 aromatic heterocycles. The molecule has 7 heteroatoms. The van der Waals surface area contributed by atoms with Gasteiger partial charge in [0, 0.05) is 5.56 Å². The van der Waals surface area contributed by atoms with Crippen LogP contribution in [0.4, 0.5) is 5.69 Å². The van der Waals surface area contributed by atoms with E-state index in [9.17, 15) is 4.79 Å². The number of benzene rings is 1. The number of carbonyl (C=O) groups is 1. The van der Waals surface area contributed by atoms with Crippen LogP contribution in [0.1, 0.15) is 30.4 Å². The average molecular weight is 297 g/mol. The molecule has 2 heterocycles. The second kappa shape index (κ2) is 5.80. The molecule has 0 aliphatic heterocycles. The molecule has 1 amide bonds. The molecule has 112 valence electrons. The Balaban J connectivity index is 1.97. The highest BCUT2D eigenvalue weighted by molar-refractivity contribution is 6.04. The maximum Gasteiger partial charge on any atom is 0.291 e. The van der Waals surface area contributed by atoms with Crippen LogP contribution in [0.5, 0.6) is 0 Å². The molecule has 0 saturated heterocycles. The summed E-state index contributed by atoms with van der Waals surface area (Å²) in [5.41, 5.74) is 1.38. The molecule has 1 aromatic carbocycles. The van der Waals surface area contributed by atoms with Crippen LogP contribution in [0.2, 0.25) is 0 Å². The number of amides is 1. The van der Waals surface area contributed by atoms with Crippen molar-refractivity contribution in [2.24, 2.45) is 0 Å². The molecule has 0 saturated carbocycles. The molecule has 0 aliphatic carbocycles. The maximum atomic E-state index is 12.2. The highest BCUT2D eigenvalue weighted by atomic mass is 16.3. The summed E-state index contributed by atoms with van der Waals surface area (Å²) < 4.78 is 6.81. The molecular formula is C15H15N5O2. The van der Waals surface area contributed by atoms with E-state index in [0.29, 0.717) is 11.5 Å². The topological polar surface area (TPSA) is 85.8 Å². The van der Waals surface area contributed by atoms with Crippen LogP contribution in [0.25, 0.3) is 11.4 Å². The molecule has 3 rings (SSSR count). The number of aromatic nitrogens is 4. The third-order valence-corrected chi connectivity index (χ3v) is 3.14. The van der Waals surface area contributed by atoms with E-state index in [2.05, 4.69) is 20.8 Å². The van der Waals surface area contributed by atoms with E-state index < -0.39 is 0 Å². The number of carbonyl (C=O) groups excluding carboxylic acids is 1. The van der Waals surface area contributed by atoms with Crippen molar-refractivity contribution in [1.82, 2.24) is 20.2 Å². The molecule has 22 heavy (non-hydrogen) atoms. The molecular weight excluding hydrogens is 282 g/mol. The van der Waals surface area contributed by atoms with Crippen molar-refractivity contribution in [3.05, 3.63) is 48.4 Å². The van der Waals surface area contributed by atoms with Crippen LogP contribution in [0.3, 0.4) is 0 Å². The van der Waals surface area contributed by atoms with Crippen molar-refractivity contribution in [2.45, 2.75) is 19.9 Å². The quantitative estimate of drug-likeness (QED) is 0.800.